The van der Waals surface area contributed by atoms with Gasteiger partial charge in [0.1, 0.15) is 12.1 Å². The summed E-state index contributed by atoms with van der Waals surface area (Å²) in [5.41, 5.74) is 5.36. The number of aliphatic carboxylic acids is 1. The summed E-state index contributed by atoms with van der Waals surface area (Å²) in [6, 6.07) is -1.47. The number of unbranched alkanes of at least 4 members (excludes halogenated alkanes) is 24. The Labute approximate surface area is 348 Å². The molecule has 0 radical (unpaired) electrons. The maximum absolute atomic E-state index is 12.6. The Balaban J connectivity index is 4.22. The number of esters is 1. The molecule has 0 aromatic heterocycles. The average Bonchev–Trinajstić information content (AvgIpc) is 3.19. The van der Waals surface area contributed by atoms with Gasteiger partial charge in [0, 0.05) is 13.0 Å². The van der Waals surface area contributed by atoms with E-state index in [0.29, 0.717) is 13.0 Å². The molecular weight excluding hydrogens is 741 g/mol. The van der Waals surface area contributed by atoms with Crippen molar-refractivity contribution in [1.29, 1.82) is 0 Å². The molecule has 0 rings (SSSR count). The topological polar surface area (TPSA) is 155 Å². The van der Waals surface area contributed by atoms with Crippen LogP contribution in [0.3, 0.4) is 0 Å². The van der Waals surface area contributed by atoms with E-state index in [4.69, 9.17) is 29.4 Å². The first-order valence-corrected chi connectivity index (χ1v) is 24.5. The lowest BCUT2D eigenvalue weighted by molar-refractivity contribution is -0.154. The average molecular weight is 828 g/mol. The van der Waals surface area contributed by atoms with Crippen molar-refractivity contribution in [2.75, 3.05) is 26.4 Å². The molecule has 0 bridgehead atoms. The van der Waals surface area contributed by atoms with Crippen molar-refractivity contribution in [3.05, 3.63) is 36.5 Å². The lowest BCUT2D eigenvalue weighted by atomic mass is 10.0. The van der Waals surface area contributed by atoms with Crippen molar-refractivity contribution >= 4 is 19.8 Å². The summed E-state index contributed by atoms with van der Waals surface area (Å²) in [6.07, 6.45) is 47.6. The van der Waals surface area contributed by atoms with Crippen LogP contribution in [0.25, 0.3) is 0 Å². The summed E-state index contributed by atoms with van der Waals surface area (Å²) in [5.74, 6) is -1.79. The number of allylic oxidation sites excluding steroid dienone is 6. The molecule has 0 aromatic rings. The Bertz CT molecular complexity index is 1050. The molecule has 0 aliphatic heterocycles. The molecule has 0 heterocycles. The second kappa shape index (κ2) is 42.3. The number of rotatable bonds is 44. The van der Waals surface area contributed by atoms with Gasteiger partial charge in [-0.3, -0.25) is 18.6 Å². The number of nitrogens with two attached hydrogens (primary N) is 1. The quantitative estimate of drug-likeness (QED) is 0.0234. The summed E-state index contributed by atoms with van der Waals surface area (Å²) >= 11 is 0. The number of phosphoric ester groups is 1. The van der Waals surface area contributed by atoms with Crippen LogP contribution in [0.5, 0.6) is 0 Å². The molecule has 0 saturated heterocycles. The first kappa shape index (κ1) is 55.2. The molecular formula is C46H86NO9P. The minimum Gasteiger partial charge on any atom is -0.480 e. The smallest absolute Gasteiger partial charge is 0.472 e. The molecule has 0 aliphatic rings. The van der Waals surface area contributed by atoms with Crippen molar-refractivity contribution in [3.63, 3.8) is 0 Å². The van der Waals surface area contributed by atoms with Gasteiger partial charge < -0.3 is 25.2 Å². The van der Waals surface area contributed by atoms with Crippen LogP contribution in [0.2, 0.25) is 0 Å². The summed E-state index contributed by atoms with van der Waals surface area (Å²) in [7, 11) is -4.62. The number of phosphoric acid groups is 1. The van der Waals surface area contributed by atoms with Gasteiger partial charge in [-0.2, -0.15) is 0 Å². The molecule has 10 nitrogen and oxygen atoms in total. The van der Waals surface area contributed by atoms with Crippen LogP contribution in [-0.4, -0.2) is 60.5 Å². The predicted molar refractivity (Wildman–Crippen MR) is 235 cm³/mol. The number of carboxylic acid groups (broad SMARTS) is 1. The minimum absolute atomic E-state index is 0.0141. The maximum atomic E-state index is 12.6. The van der Waals surface area contributed by atoms with Crippen LogP contribution in [0, 0.1) is 0 Å². The molecule has 0 aromatic carbocycles. The summed E-state index contributed by atoms with van der Waals surface area (Å²) in [4.78, 5) is 33.6. The zero-order chi connectivity index (χ0) is 41.9. The highest BCUT2D eigenvalue weighted by Gasteiger charge is 2.27. The molecule has 0 fully saturated rings. The van der Waals surface area contributed by atoms with E-state index < -0.39 is 45.1 Å². The monoisotopic (exact) mass is 828 g/mol. The third-order valence-corrected chi connectivity index (χ3v) is 10.9. The molecule has 0 saturated carbocycles. The fraction of sp³-hybridized carbons (Fsp3) is 0.826. The van der Waals surface area contributed by atoms with E-state index in [0.717, 1.165) is 70.6 Å². The van der Waals surface area contributed by atoms with Crippen molar-refractivity contribution in [2.45, 2.75) is 219 Å². The van der Waals surface area contributed by atoms with Gasteiger partial charge in [0.2, 0.25) is 0 Å². The summed E-state index contributed by atoms with van der Waals surface area (Å²) in [5, 5.41) is 8.90. The first-order chi connectivity index (χ1) is 27.7. The highest BCUT2D eigenvalue weighted by Crippen LogP contribution is 2.43. The van der Waals surface area contributed by atoms with Gasteiger partial charge in [-0.15, -0.1) is 0 Å². The van der Waals surface area contributed by atoms with Crippen molar-refractivity contribution in [3.8, 4) is 0 Å². The van der Waals surface area contributed by atoms with Crippen LogP contribution in [-0.2, 0) is 32.7 Å². The molecule has 3 unspecified atom stereocenters. The van der Waals surface area contributed by atoms with E-state index in [1.165, 1.54) is 109 Å². The van der Waals surface area contributed by atoms with Gasteiger partial charge in [-0.1, -0.05) is 185 Å². The second-order valence-corrected chi connectivity index (χ2v) is 17.0. The van der Waals surface area contributed by atoms with Crippen molar-refractivity contribution < 1.29 is 42.7 Å². The van der Waals surface area contributed by atoms with Crippen LogP contribution in [0.15, 0.2) is 36.5 Å². The van der Waals surface area contributed by atoms with Gasteiger partial charge in [0.05, 0.1) is 19.8 Å². The minimum atomic E-state index is -4.62. The Morgan fingerprint density at radius 2 is 0.965 bits per heavy atom. The van der Waals surface area contributed by atoms with Crippen LogP contribution in [0.4, 0.5) is 0 Å². The number of carboxylic acids is 1. The van der Waals surface area contributed by atoms with Crippen molar-refractivity contribution in [1.82, 2.24) is 0 Å². The van der Waals surface area contributed by atoms with E-state index in [1.54, 1.807) is 0 Å². The van der Waals surface area contributed by atoms with Crippen LogP contribution >= 0.6 is 7.82 Å². The first-order valence-electron chi connectivity index (χ1n) is 23.0. The molecule has 334 valence electrons. The van der Waals surface area contributed by atoms with Gasteiger partial charge >= 0.3 is 19.8 Å². The Kier molecular flexibility index (Phi) is 41.0. The number of ether oxygens (including phenoxy) is 2. The fourth-order valence-corrected chi connectivity index (χ4v) is 7.10. The molecule has 0 aliphatic carbocycles. The number of carbonyl (C=O) groups excluding carboxylic acids is 1. The van der Waals surface area contributed by atoms with Crippen LogP contribution < -0.4 is 5.73 Å². The summed E-state index contributed by atoms with van der Waals surface area (Å²) in [6.45, 7) is 3.87. The maximum Gasteiger partial charge on any atom is 0.472 e. The van der Waals surface area contributed by atoms with E-state index in [2.05, 4.69) is 50.3 Å². The van der Waals surface area contributed by atoms with E-state index in [1.807, 2.05) is 0 Å². The van der Waals surface area contributed by atoms with Gasteiger partial charge in [-0.05, 0) is 51.4 Å². The third-order valence-electron chi connectivity index (χ3n) is 9.92. The Morgan fingerprint density at radius 1 is 0.561 bits per heavy atom. The Hall–Kier alpha value is -1.81. The highest BCUT2D eigenvalue weighted by molar-refractivity contribution is 7.47. The van der Waals surface area contributed by atoms with Gasteiger partial charge in [0.15, 0.2) is 0 Å². The largest absolute Gasteiger partial charge is 0.480 e. The summed E-state index contributed by atoms with van der Waals surface area (Å²) < 4.78 is 33.4. The third kappa shape index (κ3) is 42.1. The molecule has 3 atom stereocenters. The standard InChI is InChI=1S/C46H86NO9P/c1-3-5-7-9-11-13-15-17-19-20-21-22-23-24-25-26-28-30-32-34-36-38-45(48)56-43(41-54-57(51,52)55-42-44(47)46(49)50)40-53-39-37-35-33-31-29-27-18-16-14-12-10-8-6-4-2/h15,17,20-21,23-24,43-44H,3-14,16,18-19,22,25-42,47H2,1-2H3,(H,49,50)(H,51,52)/b17-15-,21-20-,24-23-. The SMILES string of the molecule is CCCCCCC/C=C\C/C=C\C/C=C\CCCCCCCCC(=O)OC(COCCCCCCCCCCCCCCCC)COP(=O)(O)OCC(N)C(=O)O. The van der Waals surface area contributed by atoms with E-state index >= 15 is 0 Å². The molecule has 0 spiro atoms. The molecule has 57 heavy (non-hydrogen) atoms. The number of hydrogen-bond donors (Lipinski definition) is 3. The highest BCUT2D eigenvalue weighted by atomic mass is 31.2. The molecule has 4 N–H and O–H groups in total. The zero-order valence-corrected chi connectivity index (χ0v) is 37.3. The molecule has 11 heteroatoms. The van der Waals surface area contributed by atoms with Crippen LogP contribution in [0.1, 0.15) is 206 Å². The van der Waals surface area contributed by atoms with E-state index in [9.17, 15) is 19.0 Å². The zero-order valence-electron chi connectivity index (χ0n) is 36.4. The lowest BCUT2D eigenvalue weighted by Gasteiger charge is -2.20. The van der Waals surface area contributed by atoms with E-state index in [-0.39, 0.29) is 13.0 Å². The second-order valence-electron chi connectivity index (χ2n) is 15.5. The Morgan fingerprint density at radius 3 is 1.44 bits per heavy atom. The van der Waals surface area contributed by atoms with Gasteiger partial charge in [-0.25, -0.2) is 4.57 Å². The fourth-order valence-electron chi connectivity index (χ4n) is 6.32. The molecule has 0 amide bonds. The van der Waals surface area contributed by atoms with Gasteiger partial charge in [0.25, 0.3) is 0 Å². The number of carbonyl (C=O) groups is 2. The number of hydrogen-bond acceptors (Lipinski definition) is 8. The normalized spacial score (nSPS) is 14.2. The van der Waals surface area contributed by atoms with Crippen molar-refractivity contribution in [2.24, 2.45) is 5.73 Å². The lowest BCUT2D eigenvalue weighted by Crippen LogP contribution is -2.34. The predicted octanol–water partition coefficient (Wildman–Crippen LogP) is 12.9.